The second kappa shape index (κ2) is 12.2. The average Bonchev–Trinajstić information content (AvgIpc) is 3.15. The maximum absolute atomic E-state index is 13.7. The molecule has 0 bridgehead atoms. The number of ether oxygens (including phenoxy) is 2. The summed E-state index contributed by atoms with van der Waals surface area (Å²) < 4.78 is 13.4. The molecule has 2 saturated heterocycles. The Labute approximate surface area is 263 Å². The highest BCUT2D eigenvalue weighted by Crippen LogP contribution is 2.44. The number of nitrogen functional groups attached to an aromatic ring is 1. The molecular weight excluding hydrogens is 596 g/mol. The zero-order valence-corrected chi connectivity index (χ0v) is 27.5. The molecule has 2 aliphatic heterocycles. The topological polar surface area (TPSA) is 173 Å². The summed E-state index contributed by atoms with van der Waals surface area (Å²) in [4.78, 5) is 57.0. The maximum Gasteiger partial charge on any atom is 0.334 e. The molecule has 3 heterocycles. The lowest BCUT2D eigenvalue weighted by Crippen LogP contribution is -2.65. The summed E-state index contributed by atoms with van der Waals surface area (Å²) in [6, 6.07) is 9.09. The predicted molar refractivity (Wildman–Crippen MR) is 170 cm³/mol. The highest BCUT2D eigenvalue weighted by Gasteiger charge is 2.62. The molecular formula is C31H44N6O7Si. The van der Waals surface area contributed by atoms with E-state index in [1.165, 1.54) is 4.90 Å². The van der Waals surface area contributed by atoms with E-state index in [2.05, 4.69) is 26.6 Å². The summed E-state index contributed by atoms with van der Waals surface area (Å²) in [5.41, 5.74) is 3.15. The Bertz CT molecular complexity index is 1590. The van der Waals surface area contributed by atoms with Crippen molar-refractivity contribution in [2.45, 2.75) is 76.4 Å². The van der Waals surface area contributed by atoms with Crippen LogP contribution in [0.5, 0.6) is 5.88 Å². The van der Waals surface area contributed by atoms with E-state index in [4.69, 9.17) is 20.6 Å². The van der Waals surface area contributed by atoms with E-state index in [-0.39, 0.29) is 38.4 Å². The first-order valence-electron chi connectivity index (χ1n) is 15.4. The number of amides is 3. The molecule has 1 aromatic carbocycles. The summed E-state index contributed by atoms with van der Waals surface area (Å²) in [7, 11) is -1.33. The van der Waals surface area contributed by atoms with Gasteiger partial charge in [-0.3, -0.25) is 24.1 Å². The molecule has 5 rings (SSSR count). The molecule has 1 aromatic heterocycles. The van der Waals surface area contributed by atoms with Gasteiger partial charge in [0.2, 0.25) is 5.88 Å². The number of benzene rings is 1. The van der Waals surface area contributed by atoms with Crippen molar-refractivity contribution in [1.82, 2.24) is 18.9 Å². The van der Waals surface area contributed by atoms with E-state index in [0.717, 1.165) is 20.7 Å². The van der Waals surface area contributed by atoms with Crippen LogP contribution in [0, 0.1) is 10.8 Å². The minimum absolute atomic E-state index is 0.00408. The Morgan fingerprint density at radius 1 is 1.11 bits per heavy atom. The zero-order chi connectivity index (χ0) is 32.7. The van der Waals surface area contributed by atoms with Gasteiger partial charge in [0.15, 0.2) is 5.54 Å². The fraction of sp³-hybridized carbons (Fsp3) is 0.581. The number of aromatic hydroxyl groups is 1. The van der Waals surface area contributed by atoms with Crippen LogP contribution >= 0.6 is 0 Å². The third kappa shape index (κ3) is 6.23. The van der Waals surface area contributed by atoms with E-state index >= 15 is 0 Å². The number of nitrogens with two attached hydrogens (primary N) is 1. The molecule has 1 spiro atoms. The molecule has 1 aliphatic carbocycles. The van der Waals surface area contributed by atoms with Crippen LogP contribution in [0.2, 0.25) is 25.7 Å². The van der Waals surface area contributed by atoms with Crippen LogP contribution in [0.1, 0.15) is 49.8 Å². The van der Waals surface area contributed by atoms with Gasteiger partial charge in [-0.1, -0.05) is 56.9 Å². The second-order valence-electron chi connectivity index (χ2n) is 14.2. The molecule has 4 N–H and O–H groups in total. The first kappa shape index (κ1) is 32.6. The van der Waals surface area contributed by atoms with Crippen LogP contribution in [-0.2, 0) is 20.8 Å². The third-order valence-corrected chi connectivity index (χ3v) is 11.1. The van der Waals surface area contributed by atoms with E-state index in [0.29, 0.717) is 38.8 Å². The highest BCUT2D eigenvalue weighted by atomic mass is 28.3. The quantitative estimate of drug-likeness (QED) is 0.110. The second-order valence-corrected chi connectivity index (χ2v) is 19.8. The first-order valence-corrected chi connectivity index (χ1v) is 19.1. The van der Waals surface area contributed by atoms with E-state index in [9.17, 15) is 24.3 Å². The van der Waals surface area contributed by atoms with Crippen molar-refractivity contribution in [2.75, 3.05) is 33.1 Å². The molecule has 2 aromatic rings. The maximum atomic E-state index is 13.7. The van der Waals surface area contributed by atoms with Crippen molar-refractivity contribution < 1.29 is 24.2 Å². The third-order valence-electron chi connectivity index (χ3n) is 9.39. The number of hydrogen-bond acceptors (Lipinski definition) is 8. The number of carbonyl (C=O) groups excluding carboxylic acids is 2. The Balaban J connectivity index is 1.33. The van der Waals surface area contributed by atoms with E-state index in [1.54, 1.807) is 29.2 Å². The van der Waals surface area contributed by atoms with Gasteiger partial charge in [-0.05, 0) is 42.7 Å². The Kier molecular flexibility index (Phi) is 8.86. The fourth-order valence-corrected chi connectivity index (χ4v) is 7.20. The predicted octanol–water partition coefficient (Wildman–Crippen LogP) is 2.51. The van der Waals surface area contributed by atoms with Gasteiger partial charge >= 0.3 is 11.7 Å². The fourth-order valence-electron chi connectivity index (χ4n) is 6.45. The largest absolute Gasteiger partial charge is 0.494 e. The highest BCUT2D eigenvalue weighted by molar-refractivity contribution is 6.76. The van der Waals surface area contributed by atoms with Gasteiger partial charge in [0.25, 0.3) is 11.5 Å². The Morgan fingerprint density at radius 3 is 2.31 bits per heavy atom. The summed E-state index contributed by atoms with van der Waals surface area (Å²) >= 11 is 0. The minimum atomic E-state index is -1.33. The number of nitrogens with zero attached hydrogens (tertiary/aromatic N) is 4. The van der Waals surface area contributed by atoms with Gasteiger partial charge in [0, 0.05) is 27.3 Å². The number of nitrogens with one attached hydrogen (secondary N) is 1. The van der Waals surface area contributed by atoms with Gasteiger partial charge in [-0.2, -0.15) is 0 Å². The van der Waals surface area contributed by atoms with Crippen LogP contribution in [0.4, 0.5) is 4.79 Å². The molecule has 13 nitrogen and oxygen atoms in total. The van der Waals surface area contributed by atoms with Gasteiger partial charge in [-0.25, -0.2) is 14.5 Å². The van der Waals surface area contributed by atoms with Gasteiger partial charge in [0.05, 0.1) is 19.8 Å². The molecule has 45 heavy (non-hydrogen) atoms. The number of imide groups is 1. The monoisotopic (exact) mass is 640 g/mol. The summed E-state index contributed by atoms with van der Waals surface area (Å²) in [6.45, 7) is 9.77. The standard InChI is InChI=1S/C31H44N6O7Si/c1-30(17-36-28(41)35(20-43-14-15-45(2,3)4)27(40)31(36)18-44-19-31)12-10-22(11-13-30)37-26(39)23(24(32)33)25(38)34(29(37)42)16-21-8-6-5-7-9-21/h5-9,22,38H,10-20H2,1-4H3,(H3,32,33). The van der Waals surface area contributed by atoms with Gasteiger partial charge in [-0.15, -0.1) is 0 Å². The molecule has 0 unspecified atom stereocenters. The number of urea groups is 1. The van der Waals surface area contributed by atoms with E-state index in [1.807, 2.05) is 6.07 Å². The Hall–Kier alpha value is -3.75. The molecule has 14 heteroatoms. The Morgan fingerprint density at radius 2 is 1.76 bits per heavy atom. The first-order chi connectivity index (χ1) is 21.2. The molecule has 0 atom stereocenters. The van der Waals surface area contributed by atoms with Crippen LogP contribution in [-0.4, -0.2) is 88.5 Å². The lowest BCUT2D eigenvalue weighted by Gasteiger charge is -2.47. The minimum Gasteiger partial charge on any atom is -0.494 e. The molecule has 1 saturated carbocycles. The van der Waals surface area contributed by atoms with Crippen LogP contribution in [0.25, 0.3) is 0 Å². The number of rotatable bonds is 11. The van der Waals surface area contributed by atoms with Gasteiger partial charge in [0.1, 0.15) is 18.1 Å². The van der Waals surface area contributed by atoms with E-state index < -0.39 is 53.6 Å². The van der Waals surface area contributed by atoms with Crippen molar-refractivity contribution in [1.29, 1.82) is 5.41 Å². The molecule has 3 fully saturated rings. The summed E-state index contributed by atoms with van der Waals surface area (Å²) in [5, 5.41) is 18.8. The van der Waals surface area contributed by atoms with Crippen molar-refractivity contribution in [3.63, 3.8) is 0 Å². The number of hydrogen-bond donors (Lipinski definition) is 3. The lowest BCUT2D eigenvalue weighted by atomic mass is 9.73. The van der Waals surface area contributed by atoms with Crippen molar-refractivity contribution >= 4 is 25.8 Å². The zero-order valence-electron chi connectivity index (χ0n) is 26.5. The van der Waals surface area contributed by atoms with Crippen molar-refractivity contribution in [3.05, 3.63) is 62.3 Å². The number of carbonyl (C=O) groups is 2. The van der Waals surface area contributed by atoms with Crippen LogP contribution in [0.3, 0.4) is 0 Å². The summed E-state index contributed by atoms with van der Waals surface area (Å²) in [5.74, 6) is -1.54. The normalized spacial score (nSPS) is 23.1. The van der Waals surface area contributed by atoms with Gasteiger partial charge < -0.3 is 25.2 Å². The summed E-state index contributed by atoms with van der Waals surface area (Å²) in [6.07, 6.45) is 2.03. The van der Waals surface area contributed by atoms with Crippen molar-refractivity contribution in [2.24, 2.45) is 11.1 Å². The number of aromatic nitrogens is 2. The van der Waals surface area contributed by atoms with Crippen LogP contribution in [0.15, 0.2) is 39.9 Å². The molecule has 0 radical (unpaired) electrons. The lowest BCUT2D eigenvalue weighted by molar-refractivity contribution is -0.163. The molecule has 244 valence electrons. The number of amidine groups is 1. The van der Waals surface area contributed by atoms with Crippen LogP contribution < -0.4 is 17.0 Å². The smallest absolute Gasteiger partial charge is 0.334 e. The van der Waals surface area contributed by atoms with Crippen molar-refractivity contribution in [3.8, 4) is 5.88 Å². The average molecular weight is 641 g/mol. The SMILES string of the molecule is CC1(CN2C(=O)N(COCC[Si](C)(C)C)C(=O)C23COC3)CCC(n2c(=O)c(C(=N)N)c(O)n(Cc3ccccc3)c2=O)CC1. The molecule has 3 aliphatic rings. The molecule has 3 amide bonds.